The van der Waals surface area contributed by atoms with E-state index in [1.807, 2.05) is 19.2 Å². The molecule has 0 bridgehead atoms. The Morgan fingerprint density at radius 1 is 1.59 bits per heavy atom. The highest BCUT2D eigenvalue weighted by Gasteiger charge is 2.06. The van der Waals surface area contributed by atoms with Gasteiger partial charge in [0.25, 0.3) is 0 Å². The van der Waals surface area contributed by atoms with Gasteiger partial charge in [0.2, 0.25) is 0 Å². The fourth-order valence-electron chi connectivity index (χ4n) is 1.91. The Kier molecular flexibility index (Phi) is 3.96. The number of Topliss-reactive ketones (excluding diaryl/α,β-unsaturated/α-hetero) is 1. The topological polar surface area (TPSA) is 46.9 Å². The van der Waals surface area contributed by atoms with E-state index in [1.54, 1.807) is 4.68 Å². The Morgan fingerprint density at radius 2 is 2.47 bits per heavy atom. The van der Waals surface area contributed by atoms with Crippen molar-refractivity contribution in [2.24, 2.45) is 0 Å². The lowest BCUT2D eigenvalue weighted by molar-refractivity contribution is -0.119. The number of ketones is 1. The Hall–Kier alpha value is -1.58. The number of hydrogen-bond acceptors (Lipinski definition) is 3. The van der Waals surface area contributed by atoms with E-state index in [0.717, 1.165) is 18.7 Å². The van der Waals surface area contributed by atoms with Gasteiger partial charge in [0.05, 0.1) is 12.2 Å². The molecule has 0 spiro atoms. The van der Waals surface area contributed by atoms with Crippen LogP contribution >= 0.6 is 0 Å². The summed E-state index contributed by atoms with van der Waals surface area (Å²) in [6.45, 7) is 3.31. The molecular formula is C13H19N3O. The highest BCUT2D eigenvalue weighted by molar-refractivity contribution is 5.77. The summed E-state index contributed by atoms with van der Waals surface area (Å²) < 4.78 is 1.71. The van der Waals surface area contributed by atoms with Crippen LogP contribution in [0.15, 0.2) is 18.0 Å². The molecule has 1 N–H and O–H groups in total. The van der Waals surface area contributed by atoms with Crippen molar-refractivity contribution in [3.63, 3.8) is 0 Å². The zero-order valence-corrected chi connectivity index (χ0v) is 10.3. The Morgan fingerprint density at radius 3 is 3.18 bits per heavy atom. The highest BCUT2D eigenvalue weighted by Crippen LogP contribution is 2.13. The molecular weight excluding hydrogens is 214 g/mol. The normalized spacial score (nSPS) is 18.1. The number of hydrogen-bond donors (Lipinski definition) is 1. The fraction of sp³-hybridized carbons (Fsp3) is 0.538. The maximum atomic E-state index is 11.3. The molecule has 1 aliphatic rings. The van der Waals surface area contributed by atoms with Crippen molar-refractivity contribution in [2.45, 2.75) is 39.2 Å². The van der Waals surface area contributed by atoms with Crippen molar-refractivity contribution in [2.75, 3.05) is 6.54 Å². The molecule has 0 aliphatic carbocycles. The van der Waals surface area contributed by atoms with Crippen LogP contribution in [0, 0.1) is 0 Å². The second kappa shape index (κ2) is 5.66. The van der Waals surface area contributed by atoms with Gasteiger partial charge in [0.1, 0.15) is 0 Å². The van der Waals surface area contributed by atoms with E-state index in [0.29, 0.717) is 13.0 Å². The van der Waals surface area contributed by atoms with E-state index in [1.165, 1.54) is 18.5 Å². The van der Waals surface area contributed by atoms with Gasteiger partial charge < -0.3 is 5.32 Å². The third-order valence-electron chi connectivity index (χ3n) is 2.94. The molecule has 0 unspecified atom stereocenters. The lowest BCUT2D eigenvalue weighted by atomic mass is 10.1. The Balaban J connectivity index is 2.00. The van der Waals surface area contributed by atoms with E-state index in [-0.39, 0.29) is 5.78 Å². The van der Waals surface area contributed by atoms with Crippen LogP contribution in [0.5, 0.6) is 0 Å². The highest BCUT2D eigenvalue weighted by atomic mass is 16.1. The van der Waals surface area contributed by atoms with Gasteiger partial charge in [-0.05, 0) is 31.4 Å². The molecule has 0 amide bonds. The number of piperidine rings is 1. The summed E-state index contributed by atoms with van der Waals surface area (Å²) in [7, 11) is 0. The third-order valence-corrected chi connectivity index (χ3v) is 2.94. The number of rotatable bonds is 4. The van der Waals surface area contributed by atoms with Crippen LogP contribution < -0.4 is 5.32 Å². The second-order valence-electron chi connectivity index (χ2n) is 4.38. The van der Waals surface area contributed by atoms with Crippen molar-refractivity contribution in [1.29, 1.82) is 0 Å². The maximum Gasteiger partial charge on any atom is 0.154 e. The number of carbonyl (C=O) groups excluding carboxylic acids is 1. The molecule has 1 fully saturated rings. The Labute approximate surface area is 102 Å². The van der Waals surface area contributed by atoms with Crippen LogP contribution in [-0.2, 0) is 11.3 Å². The summed E-state index contributed by atoms with van der Waals surface area (Å²) in [5.74, 6) is 0.211. The summed E-state index contributed by atoms with van der Waals surface area (Å²) in [5.41, 5.74) is 2.18. The summed E-state index contributed by atoms with van der Waals surface area (Å²) in [5, 5.41) is 7.75. The molecule has 0 aromatic carbocycles. The first-order valence-electron chi connectivity index (χ1n) is 6.27. The first kappa shape index (κ1) is 11.9. The van der Waals surface area contributed by atoms with E-state index in [2.05, 4.69) is 16.5 Å². The third kappa shape index (κ3) is 3.44. The second-order valence-corrected chi connectivity index (χ2v) is 4.38. The van der Waals surface area contributed by atoms with Crippen LogP contribution in [0.3, 0.4) is 0 Å². The maximum absolute atomic E-state index is 11.3. The van der Waals surface area contributed by atoms with Crippen LogP contribution in [0.1, 0.15) is 38.3 Å². The number of nitrogens with one attached hydrogen (secondary N) is 1. The summed E-state index contributed by atoms with van der Waals surface area (Å²) in [4.78, 5) is 11.3. The predicted molar refractivity (Wildman–Crippen MR) is 67.4 cm³/mol. The first-order valence-corrected chi connectivity index (χ1v) is 6.27. The van der Waals surface area contributed by atoms with E-state index >= 15 is 0 Å². The minimum atomic E-state index is 0.211. The number of carbonyl (C=O) groups is 1. The molecule has 2 rings (SSSR count). The number of aromatic nitrogens is 2. The SMILES string of the molecule is CCC(=O)Cn1ccc(C=C2CCCCN2)n1. The predicted octanol–water partition coefficient (Wildman–Crippen LogP) is 1.98. The fourth-order valence-corrected chi connectivity index (χ4v) is 1.91. The average Bonchev–Trinajstić information content (AvgIpc) is 2.77. The van der Waals surface area contributed by atoms with Gasteiger partial charge in [-0.15, -0.1) is 0 Å². The van der Waals surface area contributed by atoms with Gasteiger partial charge in [0.15, 0.2) is 5.78 Å². The van der Waals surface area contributed by atoms with Crippen molar-refractivity contribution in [1.82, 2.24) is 15.1 Å². The average molecular weight is 233 g/mol. The molecule has 0 atom stereocenters. The van der Waals surface area contributed by atoms with Crippen LogP contribution in [0.4, 0.5) is 0 Å². The van der Waals surface area contributed by atoms with Crippen molar-refractivity contribution in [3.8, 4) is 0 Å². The van der Waals surface area contributed by atoms with Crippen LogP contribution in [-0.4, -0.2) is 22.1 Å². The quantitative estimate of drug-likeness (QED) is 0.865. The van der Waals surface area contributed by atoms with E-state index in [4.69, 9.17) is 0 Å². The summed E-state index contributed by atoms with van der Waals surface area (Å²) >= 11 is 0. The molecule has 0 saturated carbocycles. The zero-order chi connectivity index (χ0) is 12.1. The van der Waals surface area contributed by atoms with Gasteiger partial charge in [0, 0.05) is 24.9 Å². The number of nitrogens with zero attached hydrogens (tertiary/aromatic N) is 2. The monoisotopic (exact) mass is 233 g/mol. The largest absolute Gasteiger partial charge is 0.388 e. The number of allylic oxidation sites excluding steroid dienone is 1. The Bertz CT molecular complexity index is 412. The van der Waals surface area contributed by atoms with Crippen molar-refractivity contribution >= 4 is 11.9 Å². The molecule has 0 radical (unpaired) electrons. The van der Waals surface area contributed by atoms with E-state index in [9.17, 15) is 4.79 Å². The molecule has 2 heterocycles. The van der Waals surface area contributed by atoms with Gasteiger partial charge in [-0.25, -0.2) is 0 Å². The lowest BCUT2D eigenvalue weighted by Crippen LogP contribution is -2.19. The van der Waals surface area contributed by atoms with Crippen molar-refractivity contribution in [3.05, 3.63) is 23.7 Å². The molecule has 92 valence electrons. The zero-order valence-electron chi connectivity index (χ0n) is 10.3. The molecule has 1 aromatic rings. The minimum absolute atomic E-state index is 0.211. The first-order chi connectivity index (χ1) is 8.28. The lowest BCUT2D eigenvalue weighted by Gasteiger charge is -2.15. The van der Waals surface area contributed by atoms with Gasteiger partial charge in [-0.2, -0.15) is 5.10 Å². The van der Waals surface area contributed by atoms with Crippen LogP contribution in [0.25, 0.3) is 6.08 Å². The smallest absolute Gasteiger partial charge is 0.154 e. The van der Waals surface area contributed by atoms with Crippen molar-refractivity contribution < 1.29 is 4.79 Å². The standard InChI is InChI=1S/C13H19N3O/c1-2-13(17)10-16-8-6-12(15-16)9-11-5-3-4-7-14-11/h6,8-9,14H,2-5,7,10H2,1H3. The molecule has 1 aliphatic heterocycles. The molecule has 17 heavy (non-hydrogen) atoms. The minimum Gasteiger partial charge on any atom is -0.388 e. The summed E-state index contributed by atoms with van der Waals surface area (Å²) in [6.07, 6.45) is 8.10. The summed E-state index contributed by atoms with van der Waals surface area (Å²) in [6, 6.07) is 1.95. The molecule has 1 saturated heterocycles. The van der Waals surface area contributed by atoms with Gasteiger partial charge in [-0.3, -0.25) is 9.48 Å². The molecule has 4 heteroatoms. The molecule has 4 nitrogen and oxygen atoms in total. The van der Waals surface area contributed by atoms with Gasteiger partial charge >= 0.3 is 0 Å². The molecule has 1 aromatic heterocycles. The van der Waals surface area contributed by atoms with E-state index < -0.39 is 0 Å². The van der Waals surface area contributed by atoms with Crippen LogP contribution in [0.2, 0.25) is 0 Å². The van der Waals surface area contributed by atoms with Gasteiger partial charge in [-0.1, -0.05) is 6.92 Å².